The van der Waals surface area contributed by atoms with Gasteiger partial charge in [-0.2, -0.15) is 0 Å². The third kappa shape index (κ3) is 4.80. The summed E-state index contributed by atoms with van der Waals surface area (Å²) in [6, 6.07) is 7.86. The first-order valence-electron chi connectivity index (χ1n) is 7.78. The van der Waals surface area contributed by atoms with Crippen molar-refractivity contribution in [2.45, 2.75) is 39.2 Å². The van der Waals surface area contributed by atoms with Gasteiger partial charge in [0.25, 0.3) is 0 Å². The van der Waals surface area contributed by atoms with Crippen LogP contribution in [0.2, 0.25) is 0 Å². The monoisotopic (exact) mass is 277 g/mol. The zero-order chi connectivity index (χ0) is 14.4. The molecule has 1 N–H and O–H groups in total. The first-order valence-corrected chi connectivity index (χ1v) is 7.78. The summed E-state index contributed by atoms with van der Waals surface area (Å²) in [6.07, 6.45) is 3.05. The first-order chi connectivity index (χ1) is 9.65. The molecular weight excluding hydrogens is 250 g/mol. The molecule has 0 aliphatic carbocycles. The fraction of sp³-hybridized carbons (Fsp3) is 0.647. The smallest absolute Gasteiger partial charge is 0.119 e. The zero-order valence-electron chi connectivity index (χ0n) is 12.7. The largest absolute Gasteiger partial charge is 0.493 e. The first kappa shape index (κ1) is 15.3. The van der Waals surface area contributed by atoms with Crippen molar-refractivity contribution < 1.29 is 9.84 Å². The van der Waals surface area contributed by atoms with E-state index in [1.807, 2.05) is 24.3 Å². The minimum absolute atomic E-state index is 0.366. The van der Waals surface area contributed by atoms with E-state index in [0.717, 1.165) is 30.9 Å². The molecule has 20 heavy (non-hydrogen) atoms. The van der Waals surface area contributed by atoms with E-state index >= 15 is 0 Å². The molecule has 112 valence electrons. The van der Waals surface area contributed by atoms with Crippen molar-refractivity contribution in [2.75, 3.05) is 26.2 Å². The Kier molecular flexibility index (Phi) is 5.86. The molecule has 1 fully saturated rings. The van der Waals surface area contributed by atoms with Crippen molar-refractivity contribution in [1.29, 1.82) is 0 Å². The number of aliphatic hydroxyl groups is 1. The molecule has 1 aliphatic heterocycles. The van der Waals surface area contributed by atoms with Gasteiger partial charge < -0.3 is 14.7 Å². The van der Waals surface area contributed by atoms with Crippen LogP contribution in [0.5, 0.6) is 5.75 Å². The number of nitrogens with zero attached hydrogens (tertiary/aromatic N) is 1. The predicted octanol–water partition coefficient (Wildman–Crippen LogP) is 3.24. The Hall–Kier alpha value is -1.06. The molecule has 1 saturated heterocycles. The van der Waals surface area contributed by atoms with Crippen LogP contribution in [0, 0.1) is 5.92 Å². The van der Waals surface area contributed by atoms with Gasteiger partial charge in [-0.3, -0.25) is 0 Å². The molecule has 1 atom stereocenters. The maximum absolute atomic E-state index is 10.2. The fourth-order valence-corrected chi connectivity index (χ4v) is 2.53. The molecule has 0 spiro atoms. The van der Waals surface area contributed by atoms with E-state index in [2.05, 4.69) is 18.7 Å². The van der Waals surface area contributed by atoms with Gasteiger partial charge in [0.1, 0.15) is 5.75 Å². The molecule has 1 aliphatic rings. The Morgan fingerprint density at radius 1 is 1.15 bits per heavy atom. The van der Waals surface area contributed by atoms with Crippen LogP contribution in [0.25, 0.3) is 0 Å². The summed E-state index contributed by atoms with van der Waals surface area (Å²) < 4.78 is 5.65. The lowest BCUT2D eigenvalue weighted by atomic mass is 10.1. The predicted molar refractivity (Wildman–Crippen MR) is 82.0 cm³/mol. The van der Waals surface area contributed by atoms with Gasteiger partial charge in [0.05, 0.1) is 12.7 Å². The van der Waals surface area contributed by atoms with E-state index in [1.54, 1.807) is 0 Å². The van der Waals surface area contributed by atoms with Crippen LogP contribution in [0.1, 0.15) is 44.8 Å². The Morgan fingerprint density at radius 3 is 2.40 bits per heavy atom. The van der Waals surface area contributed by atoms with Gasteiger partial charge in [-0.1, -0.05) is 26.0 Å². The molecular formula is C17H27NO2. The van der Waals surface area contributed by atoms with Crippen molar-refractivity contribution in [3.63, 3.8) is 0 Å². The molecule has 0 aromatic heterocycles. The van der Waals surface area contributed by atoms with Gasteiger partial charge >= 0.3 is 0 Å². The summed E-state index contributed by atoms with van der Waals surface area (Å²) in [6.45, 7) is 8.37. The molecule has 0 amide bonds. The standard InChI is InChI=1S/C17H27NO2/c1-14(2)13-20-16-7-5-15(6-8-16)17(19)9-12-18-10-3-4-11-18/h5-8,14,17,19H,3-4,9-13H2,1-2H3. The van der Waals surface area contributed by atoms with Gasteiger partial charge in [0.15, 0.2) is 0 Å². The van der Waals surface area contributed by atoms with Gasteiger partial charge in [0.2, 0.25) is 0 Å². The topological polar surface area (TPSA) is 32.7 Å². The van der Waals surface area contributed by atoms with E-state index in [0.29, 0.717) is 5.92 Å². The summed E-state index contributed by atoms with van der Waals surface area (Å²) in [4.78, 5) is 2.43. The quantitative estimate of drug-likeness (QED) is 0.830. The molecule has 1 aromatic carbocycles. The number of likely N-dealkylation sites (tertiary alicyclic amines) is 1. The second kappa shape index (κ2) is 7.65. The number of benzene rings is 1. The Morgan fingerprint density at radius 2 is 1.80 bits per heavy atom. The second-order valence-corrected chi connectivity index (χ2v) is 6.13. The molecule has 0 bridgehead atoms. The lowest BCUT2D eigenvalue weighted by molar-refractivity contribution is 0.149. The van der Waals surface area contributed by atoms with E-state index in [9.17, 15) is 5.11 Å². The summed E-state index contributed by atoms with van der Waals surface area (Å²) in [5.74, 6) is 1.41. The minimum Gasteiger partial charge on any atom is -0.493 e. The molecule has 1 unspecified atom stereocenters. The Labute approximate surface area is 122 Å². The highest BCUT2D eigenvalue weighted by Crippen LogP contribution is 2.21. The lowest BCUT2D eigenvalue weighted by Crippen LogP contribution is -2.22. The number of hydrogen-bond donors (Lipinski definition) is 1. The lowest BCUT2D eigenvalue weighted by Gasteiger charge is -2.18. The van der Waals surface area contributed by atoms with Crippen LogP contribution in [-0.2, 0) is 0 Å². The van der Waals surface area contributed by atoms with Crippen LogP contribution >= 0.6 is 0 Å². The van der Waals surface area contributed by atoms with Gasteiger partial charge in [-0.15, -0.1) is 0 Å². The average Bonchev–Trinajstić information content (AvgIpc) is 2.96. The van der Waals surface area contributed by atoms with Crippen molar-refractivity contribution in [3.8, 4) is 5.75 Å². The number of ether oxygens (including phenoxy) is 1. The van der Waals surface area contributed by atoms with Gasteiger partial charge in [0, 0.05) is 6.54 Å². The summed E-state index contributed by atoms with van der Waals surface area (Å²) in [5.41, 5.74) is 0.987. The highest BCUT2D eigenvalue weighted by atomic mass is 16.5. The van der Waals surface area contributed by atoms with Crippen molar-refractivity contribution in [3.05, 3.63) is 29.8 Å². The van der Waals surface area contributed by atoms with Crippen LogP contribution in [0.3, 0.4) is 0 Å². The Bertz CT molecular complexity index is 382. The maximum atomic E-state index is 10.2. The molecule has 0 saturated carbocycles. The molecule has 3 heteroatoms. The van der Waals surface area contributed by atoms with E-state index in [-0.39, 0.29) is 6.10 Å². The molecule has 1 heterocycles. The third-order valence-corrected chi connectivity index (χ3v) is 3.77. The molecule has 0 radical (unpaired) electrons. The number of hydrogen-bond acceptors (Lipinski definition) is 3. The van der Waals surface area contributed by atoms with Crippen molar-refractivity contribution in [1.82, 2.24) is 4.90 Å². The number of aliphatic hydroxyl groups excluding tert-OH is 1. The van der Waals surface area contributed by atoms with E-state index in [1.165, 1.54) is 25.9 Å². The Balaban J connectivity index is 1.78. The minimum atomic E-state index is -0.366. The summed E-state index contributed by atoms with van der Waals surface area (Å²) in [7, 11) is 0. The summed E-state index contributed by atoms with van der Waals surface area (Å²) in [5, 5.41) is 10.2. The summed E-state index contributed by atoms with van der Waals surface area (Å²) >= 11 is 0. The highest BCUT2D eigenvalue weighted by Gasteiger charge is 2.14. The normalized spacial score (nSPS) is 17.6. The SMILES string of the molecule is CC(C)COc1ccc(C(O)CCN2CCCC2)cc1. The van der Waals surface area contributed by atoms with Gasteiger partial charge in [-0.25, -0.2) is 0 Å². The van der Waals surface area contributed by atoms with Crippen LogP contribution in [0.4, 0.5) is 0 Å². The maximum Gasteiger partial charge on any atom is 0.119 e. The zero-order valence-corrected chi connectivity index (χ0v) is 12.7. The van der Waals surface area contributed by atoms with E-state index < -0.39 is 0 Å². The van der Waals surface area contributed by atoms with Crippen LogP contribution in [-0.4, -0.2) is 36.2 Å². The number of rotatable bonds is 7. The van der Waals surface area contributed by atoms with Crippen LogP contribution < -0.4 is 4.74 Å². The van der Waals surface area contributed by atoms with Crippen LogP contribution in [0.15, 0.2) is 24.3 Å². The van der Waals surface area contributed by atoms with E-state index in [4.69, 9.17) is 4.74 Å². The molecule has 3 nitrogen and oxygen atoms in total. The second-order valence-electron chi connectivity index (χ2n) is 6.13. The van der Waals surface area contributed by atoms with Gasteiger partial charge in [-0.05, 0) is 56.0 Å². The van der Waals surface area contributed by atoms with Crippen molar-refractivity contribution in [2.24, 2.45) is 5.92 Å². The average molecular weight is 277 g/mol. The molecule has 2 rings (SSSR count). The van der Waals surface area contributed by atoms with Crippen molar-refractivity contribution >= 4 is 0 Å². The third-order valence-electron chi connectivity index (χ3n) is 3.77. The molecule has 1 aromatic rings. The fourth-order valence-electron chi connectivity index (χ4n) is 2.53. The highest BCUT2D eigenvalue weighted by molar-refractivity contribution is 5.28.